The fourth-order valence-corrected chi connectivity index (χ4v) is 3.05. The van der Waals surface area contributed by atoms with Gasteiger partial charge in [-0.3, -0.25) is 9.78 Å². The van der Waals surface area contributed by atoms with Crippen LogP contribution in [0.4, 0.5) is 5.69 Å². The van der Waals surface area contributed by atoms with Gasteiger partial charge >= 0.3 is 0 Å². The molecule has 0 saturated heterocycles. The van der Waals surface area contributed by atoms with Crippen LogP contribution in [0.5, 0.6) is 11.5 Å². The molecule has 3 aromatic rings. The van der Waals surface area contributed by atoms with Gasteiger partial charge in [0.15, 0.2) is 11.5 Å². The predicted octanol–water partition coefficient (Wildman–Crippen LogP) is 4.31. The summed E-state index contributed by atoms with van der Waals surface area (Å²) >= 11 is 6.21. The van der Waals surface area contributed by atoms with Crippen LogP contribution in [0, 0.1) is 0 Å². The van der Waals surface area contributed by atoms with Crippen molar-refractivity contribution in [2.45, 2.75) is 0 Å². The fraction of sp³-hybridized carbons (Fsp3) is 0.100. The topological polar surface area (TPSA) is 60.5 Å². The van der Waals surface area contributed by atoms with Crippen LogP contribution in [0.1, 0.15) is 5.56 Å². The van der Waals surface area contributed by atoms with E-state index in [9.17, 15) is 4.79 Å². The predicted molar refractivity (Wildman–Crippen MR) is 102 cm³/mol. The summed E-state index contributed by atoms with van der Waals surface area (Å²) in [6.45, 7) is 0.953. The number of hydrogen-bond donors (Lipinski definition) is 1. The summed E-state index contributed by atoms with van der Waals surface area (Å²) in [5.74, 6) is 0.873. The van der Waals surface area contributed by atoms with Crippen LogP contribution in [0.15, 0.2) is 54.7 Å². The Morgan fingerprint density at radius 1 is 1.15 bits per heavy atom. The van der Waals surface area contributed by atoms with E-state index in [2.05, 4.69) is 10.3 Å². The Balaban J connectivity index is 1.54. The van der Waals surface area contributed by atoms with E-state index in [1.165, 1.54) is 6.08 Å². The monoisotopic (exact) mass is 366 g/mol. The van der Waals surface area contributed by atoms with Gasteiger partial charge in [-0.15, -0.1) is 0 Å². The van der Waals surface area contributed by atoms with Crippen molar-refractivity contribution in [3.8, 4) is 11.5 Å². The van der Waals surface area contributed by atoms with E-state index in [0.717, 1.165) is 16.5 Å². The largest absolute Gasteiger partial charge is 0.486 e. The molecule has 0 radical (unpaired) electrons. The Hall–Kier alpha value is -3.05. The number of pyridine rings is 1. The molecule has 0 unspecified atom stereocenters. The number of carbonyl (C=O) groups excluding carboxylic acids is 1. The molecular weight excluding hydrogens is 352 g/mol. The Kier molecular flexibility index (Phi) is 4.46. The molecule has 0 aliphatic carbocycles. The van der Waals surface area contributed by atoms with Crippen LogP contribution < -0.4 is 14.8 Å². The number of carbonyl (C=O) groups is 1. The summed E-state index contributed by atoms with van der Waals surface area (Å²) in [5, 5.41) is 4.28. The van der Waals surface area contributed by atoms with Crippen molar-refractivity contribution in [3.05, 3.63) is 65.3 Å². The molecule has 2 heterocycles. The Bertz CT molecular complexity index is 1010. The molecular formula is C20H15ClN2O3. The third-order valence-electron chi connectivity index (χ3n) is 3.94. The standard InChI is InChI=1S/C20H15ClN2O3/c21-15-11-13(12-17-20(15)26-10-9-25-17)6-7-18(24)23-16-5-1-3-14-4-2-8-22-19(14)16/h1-8,11-12H,9-10H2,(H,23,24). The number of para-hydroxylation sites is 1. The summed E-state index contributed by atoms with van der Waals surface area (Å²) in [7, 11) is 0. The average Bonchev–Trinajstić information content (AvgIpc) is 2.67. The maximum absolute atomic E-state index is 12.3. The Labute approximate surface area is 155 Å². The fourth-order valence-electron chi connectivity index (χ4n) is 2.78. The summed E-state index contributed by atoms with van der Waals surface area (Å²) in [6.07, 6.45) is 4.83. The highest BCUT2D eigenvalue weighted by Crippen LogP contribution is 2.38. The summed E-state index contributed by atoms with van der Waals surface area (Å²) in [5.41, 5.74) is 2.17. The van der Waals surface area contributed by atoms with E-state index < -0.39 is 0 Å². The molecule has 2 aromatic carbocycles. The molecule has 1 aliphatic heterocycles. The molecule has 1 aromatic heterocycles. The molecule has 5 nitrogen and oxygen atoms in total. The molecule has 130 valence electrons. The van der Waals surface area contributed by atoms with E-state index >= 15 is 0 Å². The molecule has 0 spiro atoms. The maximum atomic E-state index is 12.3. The number of rotatable bonds is 3. The van der Waals surface area contributed by atoms with Crippen LogP contribution in [0.2, 0.25) is 5.02 Å². The quantitative estimate of drug-likeness (QED) is 0.701. The van der Waals surface area contributed by atoms with Gasteiger partial charge in [-0.05, 0) is 35.9 Å². The van der Waals surface area contributed by atoms with Crippen LogP contribution in [-0.4, -0.2) is 24.1 Å². The molecule has 0 saturated carbocycles. The number of aromatic nitrogens is 1. The minimum atomic E-state index is -0.255. The summed E-state index contributed by atoms with van der Waals surface area (Å²) in [6, 6.07) is 13.0. The maximum Gasteiger partial charge on any atom is 0.248 e. The first kappa shape index (κ1) is 16.4. The molecule has 4 rings (SSSR count). The van der Waals surface area contributed by atoms with Gasteiger partial charge < -0.3 is 14.8 Å². The second kappa shape index (κ2) is 7.06. The summed E-state index contributed by atoms with van der Waals surface area (Å²) in [4.78, 5) is 16.6. The second-order valence-electron chi connectivity index (χ2n) is 5.73. The van der Waals surface area contributed by atoms with E-state index in [4.69, 9.17) is 21.1 Å². The molecule has 1 N–H and O–H groups in total. The van der Waals surface area contributed by atoms with Gasteiger partial charge in [0.2, 0.25) is 5.91 Å². The smallest absolute Gasteiger partial charge is 0.248 e. The third-order valence-corrected chi connectivity index (χ3v) is 4.22. The van der Waals surface area contributed by atoms with Crippen molar-refractivity contribution in [1.29, 1.82) is 0 Å². The van der Waals surface area contributed by atoms with Gasteiger partial charge in [-0.1, -0.05) is 29.8 Å². The van der Waals surface area contributed by atoms with Crippen molar-refractivity contribution in [3.63, 3.8) is 0 Å². The van der Waals surface area contributed by atoms with E-state index in [0.29, 0.717) is 35.4 Å². The molecule has 0 bridgehead atoms. The minimum Gasteiger partial charge on any atom is -0.486 e. The number of anilines is 1. The van der Waals surface area contributed by atoms with E-state index in [1.54, 1.807) is 24.4 Å². The minimum absolute atomic E-state index is 0.255. The highest BCUT2D eigenvalue weighted by molar-refractivity contribution is 6.32. The van der Waals surface area contributed by atoms with Gasteiger partial charge in [-0.2, -0.15) is 0 Å². The lowest BCUT2D eigenvalue weighted by Crippen LogP contribution is -2.15. The van der Waals surface area contributed by atoms with E-state index in [1.807, 2.05) is 30.3 Å². The first-order valence-corrected chi connectivity index (χ1v) is 8.50. The zero-order valence-corrected chi connectivity index (χ0v) is 14.5. The molecule has 1 aliphatic rings. The third kappa shape index (κ3) is 3.34. The second-order valence-corrected chi connectivity index (χ2v) is 6.14. The zero-order valence-electron chi connectivity index (χ0n) is 13.7. The average molecular weight is 367 g/mol. The van der Waals surface area contributed by atoms with Crippen molar-refractivity contribution in [2.75, 3.05) is 18.5 Å². The van der Waals surface area contributed by atoms with Crippen LogP contribution in [-0.2, 0) is 4.79 Å². The van der Waals surface area contributed by atoms with Crippen LogP contribution in [0.25, 0.3) is 17.0 Å². The Morgan fingerprint density at radius 3 is 2.92 bits per heavy atom. The number of amides is 1. The van der Waals surface area contributed by atoms with Gasteiger partial charge in [0.05, 0.1) is 16.2 Å². The normalized spacial score (nSPS) is 13.1. The van der Waals surface area contributed by atoms with Crippen LogP contribution in [0.3, 0.4) is 0 Å². The lowest BCUT2D eigenvalue weighted by molar-refractivity contribution is -0.111. The highest BCUT2D eigenvalue weighted by atomic mass is 35.5. The zero-order chi connectivity index (χ0) is 17.9. The van der Waals surface area contributed by atoms with Crippen LogP contribution >= 0.6 is 11.6 Å². The van der Waals surface area contributed by atoms with E-state index in [-0.39, 0.29) is 5.91 Å². The molecule has 26 heavy (non-hydrogen) atoms. The number of benzene rings is 2. The van der Waals surface area contributed by atoms with Gasteiger partial charge in [0.25, 0.3) is 0 Å². The number of fused-ring (bicyclic) bond motifs is 2. The molecule has 0 fully saturated rings. The van der Waals surface area contributed by atoms with Crippen molar-refractivity contribution >= 4 is 40.2 Å². The molecule has 1 amide bonds. The SMILES string of the molecule is O=C(C=Cc1cc(Cl)c2c(c1)OCCO2)Nc1cccc2cccnc12. The van der Waals surface area contributed by atoms with Gasteiger partial charge in [0.1, 0.15) is 13.2 Å². The lowest BCUT2D eigenvalue weighted by Gasteiger charge is -2.19. The van der Waals surface area contributed by atoms with Crippen molar-refractivity contribution < 1.29 is 14.3 Å². The number of halogens is 1. The number of nitrogens with zero attached hydrogens (tertiary/aromatic N) is 1. The number of hydrogen-bond acceptors (Lipinski definition) is 4. The number of nitrogens with one attached hydrogen (secondary N) is 1. The molecule has 0 atom stereocenters. The summed E-state index contributed by atoms with van der Waals surface area (Å²) < 4.78 is 11.0. The van der Waals surface area contributed by atoms with Crippen molar-refractivity contribution in [1.82, 2.24) is 4.98 Å². The van der Waals surface area contributed by atoms with Gasteiger partial charge in [-0.25, -0.2) is 0 Å². The lowest BCUT2D eigenvalue weighted by atomic mass is 10.1. The first-order valence-electron chi connectivity index (χ1n) is 8.13. The molecule has 6 heteroatoms. The highest BCUT2D eigenvalue weighted by Gasteiger charge is 2.16. The Morgan fingerprint density at radius 2 is 2.00 bits per heavy atom. The number of ether oxygens (including phenoxy) is 2. The van der Waals surface area contributed by atoms with Gasteiger partial charge in [0, 0.05) is 17.7 Å². The first-order chi connectivity index (χ1) is 12.7. The van der Waals surface area contributed by atoms with Crippen molar-refractivity contribution in [2.24, 2.45) is 0 Å².